The third kappa shape index (κ3) is 33.4. The van der Waals surface area contributed by atoms with Gasteiger partial charge in [-0.3, -0.25) is 14.1 Å². The van der Waals surface area contributed by atoms with Gasteiger partial charge >= 0.3 is 19.8 Å². The van der Waals surface area contributed by atoms with Crippen LogP contribution in [0.2, 0.25) is 0 Å². The average Bonchev–Trinajstić information content (AvgIpc) is 2.98. The predicted octanol–water partition coefficient (Wildman–Crippen LogP) is 10.1. The monoisotopic (exact) mass is 644 g/mol. The van der Waals surface area contributed by atoms with E-state index in [9.17, 15) is 14.2 Å². The van der Waals surface area contributed by atoms with Crippen molar-refractivity contribution in [2.45, 2.75) is 174 Å². The van der Waals surface area contributed by atoms with Gasteiger partial charge in [0.25, 0.3) is 0 Å². The smallest absolute Gasteiger partial charge is 0.462 e. The number of carbonyl (C=O) groups excluding carboxylic acids is 2. The lowest BCUT2D eigenvalue weighted by Crippen LogP contribution is -2.29. The molecule has 0 aromatic carbocycles. The molecule has 1 atom stereocenters. The summed E-state index contributed by atoms with van der Waals surface area (Å²) >= 11 is 0. The van der Waals surface area contributed by atoms with Gasteiger partial charge in [0.1, 0.15) is 6.61 Å². The molecule has 0 aliphatic carbocycles. The van der Waals surface area contributed by atoms with Crippen LogP contribution in [-0.2, 0) is 28.2 Å². The molecule has 2 N–H and O–H groups in total. The van der Waals surface area contributed by atoms with Crippen molar-refractivity contribution in [1.29, 1.82) is 0 Å². The van der Waals surface area contributed by atoms with Crippen LogP contribution in [0.1, 0.15) is 168 Å². The molecule has 1 unspecified atom stereocenters. The van der Waals surface area contributed by atoms with Crippen LogP contribution >= 0.6 is 7.82 Å². The Morgan fingerprint density at radius 1 is 0.591 bits per heavy atom. The number of rotatable bonds is 32. The van der Waals surface area contributed by atoms with E-state index in [2.05, 4.69) is 42.7 Å². The highest BCUT2D eigenvalue weighted by Gasteiger charge is 2.22. The van der Waals surface area contributed by atoms with Crippen molar-refractivity contribution in [1.82, 2.24) is 0 Å². The van der Waals surface area contributed by atoms with Gasteiger partial charge in [-0.2, -0.15) is 0 Å². The summed E-state index contributed by atoms with van der Waals surface area (Å²) in [6.45, 7) is 3.62. The van der Waals surface area contributed by atoms with E-state index in [-0.39, 0.29) is 19.4 Å². The van der Waals surface area contributed by atoms with E-state index in [0.29, 0.717) is 6.42 Å². The fourth-order valence-electron chi connectivity index (χ4n) is 4.81. The molecule has 44 heavy (non-hydrogen) atoms. The molecule has 0 fully saturated rings. The molecule has 0 rings (SSSR count). The summed E-state index contributed by atoms with van der Waals surface area (Å²) < 4.78 is 26.2. The van der Waals surface area contributed by atoms with E-state index in [1.807, 2.05) is 0 Å². The Hall–Kier alpha value is -1.47. The highest BCUT2D eigenvalue weighted by molar-refractivity contribution is 7.46. The largest absolute Gasteiger partial charge is 0.469 e. The Kier molecular flexibility index (Phi) is 30.5. The fourth-order valence-corrected chi connectivity index (χ4v) is 5.17. The van der Waals surface area contributed by atoms with Crippen LogP contribution in [0.4, 0.5) is 0 Å². The number of ether oxygens (including phenoxy) is 2. The molecule has 0 saturated carbocycles. The number of phosphoric acid groups is 1. The van der Waals surface area contributed by atoms with Crippen LogP contribution in [0.3, 0.4) is 0 Å². The Labute approximate surface area is 269 Å². The van der Waals surface area contributed by atoms with Crippen LogP contribution in [0.15, 0.2) is 24.3 Å². The number of phosphoric ester groups is 1. The van der Waals surface area contributed by atoms with Gasteiger partial charge in [-0.1, -0.05) is 134 Å². The van der Waals surface area contributed by atoms with Gasteiger partial charge in [0.2, 0.25) is 0 Å². The molecule has 8 nitrogen and oxygen atoms in total. The first-order chi connectivity index (χ1) is 21.3. The molecular formula is C35H65O8P. The average molecular weight is 645 g/mol. The molecule has 0 heterocycles. The van der Waals surface area contributed by atoms with Crippen molar-refractivity contribution in [3.05, 3.63) is 24.3 Å². The maximum absolute atomic E-state index is 12.3. The van der Waals surface area contributed by atoms with Crippen molar-refractivity contribution in [2.75, 3.05) is 13.2 Å². The molecule has 0 radical (unpaired) electrons. The zero-order valence-electron chi connectivity index (χ0n) is 28.1. The molecule has 258 valence electrons. The Morgan fingerprint density at radius 3 is 1.55 bits per heavy atom. The first kappa shape index (κ1) is 42.5. The van der Waals surface area contributed by atoms with E-state index >= 15 is 0 Å². The van der Waals surface area contributed by atoms with Gasteiger partial charge in [-0.15, -0.1) is 0 Å². The van der Waals surface area contributed by atoms with Crippen molar-refractivity contribution < 1.29 is 37.9 Å². The fraction of sp³-hybridized carbons (Fsp3) is 0.829. The Morgan fingerprint density at radius 2 is 1.02 bits per heavy atom. The molecule has 0 amide bonds. The maximum Gasteiger partial charge on any atom is 0.469 e. The summed E-state index contributed by atoms with van der Waals surface area (Å²) in [5, 5.41) is 0. The molecule has 0 aromatic heterocycles. The van der Waals surface area contributed by atoms with Crippen molar-refractivity contribution in [3.8, 4) is 0 Å². The summed E-state index contributed by atoms with van der Waals surface area (Å²) in [7, 11) is -4.75. The van der Waals surface area contributed by atoms with E-state index < -0.39 is 32.5 Å². The second-order valence-electron chi connectivity index (χ2n) is 11.8. The SMILES string of the molecule is CCCCC/C=C\C/C=C\CCCCCCCC(=O)OC(COC(=O)CCCCCCCCCCCCC)COP(=O)(O)O. The molecule has 0 bridgehead atoms. The van der Waals surface area contributed by atoms with Gasteiger partial charge in [0.15, 0.2) is 6.10 Å². The van der Waals surface area contributed by atoms with Gasteiger partial charge in [-0.05, 0) is 44.9 Å². The van der Waals surface area contributed by atoms with Crippen molar-refractivity contribution in [2.24, 2.45) is 0 Å². The number of hydrogen-bond acceptors (Lipinski definition) is 6. The number of carbonyl (C=O) groups is 2. The summed E-state index contributed by atoms with van der Waals surface area (Å²) in [4.78, 5) is 42.5. The van der Waals surface area contributed by atoms with Gasteiger partial charge in [0, 0.05) is 12.8 Å². The maximum atomic E-state index is 12.3. The highest BCUT2D eigenvalue weighted by Crippen LogP contribution is 2.36. The molecular weight excluding hydrogens is 579 g/mol. The minimum absolute atomic E-state index is 0.198. The van der Waals surface area contributed by atoms with Crippen LogP contribution in [0.5, 0.6) is 0 Å². The van der Waals surface area contributed by atoms with Gasteiger partial charge in [-0.25, -0.2) is 4.57 Å². The van der Waals surface area contributed by atoms with Crippen LogP contribution in [0, 0.1) is 0 Å². The molecule has 9 heteroatoms. The second-order valence-corrected chi connectivity index (χ2v) is 13.1. The molecule has 0 saturated heterocycles. The molecule has 0 aliphatic rings. The summed E-state index contributed by atoms with van der Waals surface area (Å²) in [5.41, 5.74) is 0. The standard InChI is InChI=1S/C35H65O8P/c1-3-5-7-9-11-13-15-16-17-18-20-22-24-26-28-30-35(37)43-33(32-42-44(38,39)40)31-41-34(36)29-27-25-23-21-19-14-12-10-8-6-4-2/h11,13,16-17,33H,3-10,12,14-15,18-32H2,1-2H3,(H2,38,39,40)/b13-11-,17-16-. The molecule has 0 spiro atoms. The second kappa shape index (κ2) is 31.5. The first-order valence-corrected chi connectivity index (χ1v) is 19.2. The van der Waals surface area contributed by atoms with E-state index in [1.165, 1.54) is 77.0 Å². The number of allylic oxidation sites excluding steroid dienone is 4. The van der Waals surface area contributed by atoms with Gasteiger partial charge in [0.05, 0.1) is 6.61 Å². The lowest BCUT2D eigenvalue weighted by Gasteiger charge is -2.18. The third-order valence-corrected chi connectivity index (χ3v) is 7.96. The summed E-state index contributed by atoms with van der Waals surface area (Å²) in [6.07, 6.45) is 33.2. The Balaban J connectivity index is 4.02. The normalized spacial score (nSPS) is 12.7. The van der Waals surface area contributed by atoms with Crippen molar-refractivity contribution >= 4 is 19.8 Å². The number of esters is 2. The topological polar surface area (TPSA) is 119 Å². The number of unbranched alkanes of at least 4 members (excludes halogenated alkanes) is 18. The van der Waals surface area contributed by atoms with Crippen LogP contribution < -0.4 is 0 Å². The van der Waals surface area contributed by atoms with Gasteiger partial charge < -0.3 is 19.3 Å². The minimum Gasteiger partial charge on any atom is -0.462 e. The van der Waals surface area contributed by atoms with E-state index in [1.54, 1.807) is 0 Å². The quantitative estimate of drug-likeness (QED) is 0.0321. The number of hydrogen-bond donors (Lipinski definition) is 2. The van der Waals surface area contributed by atoms with E-state index in [4.69, 9.17) is 19.3 Å². The van der Waals surface area contributed by atoms with Crippen LogP contribution in [-0.4, -0.2) is 41.0 Å². The molecule has 0 aliphatic heterocycles. The van der Waals surface area contributed by atoms with Crippen molar-refractivity contribution in [3.63, 3.8) is 0 Å². The van der Waals surface area contributed by atoms with E-state index in [0.717, 1.165) is 57.8 Å². The lowest BCUT2D eigenvalue weighted by atomic mass is 10.1. The highest BCUT2D eigenvalue weighted by atomic mass is 31.2. The third-order valence-electron chi connectivity index (χ3n) is 7.47. The van der Waals surface area contributed by atoms with Crippen LogP contribution in [0.25, 0.3) is 0 Å². The molecule has 0 aromatic rings. The first-order valence-electron chi connectivity index (χ1n) is 17.6. The lowest BCUT2D eigenvalue weighted by molar-refractivity contribution is -0.161. The summed E-state index contributed by atoms with van der Waals surface area (Å²) in [6, 6.07) is 0. The summed E-state index contributed by atoms with van der Waals surface area (Å²) in [5.74, 6) is -0.900. The minimum atomic E-state index is -4.75. The predicted molar refractivity (Wildman–Crippen MR) is 179 cm³/mol. The zero-order valence-corrected chi connectivity index (χ0v) is 29.0. The Bertz CT molecular complexity index is 777. The zero-order chi connectivity index (χ0) is 32.6.